The summed E-state index contributed by atoms with van der Waals surface area (Å²) in [7, 11) is -2.97. The SMILES string of the molecule is CCOc1ccc(NC(=O)[C@H](C)OC(=O)CS[C@H]2CCS(=O)(=O)C2)cc1. The lowest BCUT2D eigenvalue weighted by Crippen LogP contribution is -2.30. The van der Waals surface area contributed by atoms with E-state index < -0.39 is 27.8 Å². The van der Waals surface area contributed by atoms with Crippen LogP contribution in [0.5, 0.6) is 5.75 Å². The molecule has 0 bridgehead atoms. The first kappa shape index (κ1) is 20.6. The van der Waals surface area contributed by atoms with Gasteiger partial charge in [-0.05, 0) is 44.5 Å². The van der Waals surface area contributed by atoms with Crippen LogP contribution in [-0.2, 0) is 24.2 Å². The Hall–Kier alpha value is -1.74. The molecule has 0 aliphatic carbocycles. The van der Waals surface area contributed by atoms with Crippen molar-refractivity contribution in [2.45, 2.75) is 31.6 Å². The van der Waals surface area contributed by atoms with Crippen LogP contribution in [0.25, 0.3) is 0 Å². The third kappa shape index (κ3) is 6.53. The summed E-state index contributed by atoms with van der Waals surface area (Å²) in [6.45, 7) is 3.94. The van der Waals surface area contributed by atoms with E-state index in [9.17, 15) is 18.0 Å². The molecule has 1 aromatic carbocycles. The van der Waals surface area contributed by atoms with Gasteiger partial charge in [0, 0.05) is 10.9 Å². The van der Waals surface area contributed by atoms with Crippen LogP contribution < -0.4 is 10.1 Å². The molecule has 1 heterocycles. The van der Waals surface area contributed by atoms with E-state index in [2.05, 4.69) is 5.32 Å². The second-order valence-electron chi connectivity index (χ2n) is 5.91. The van der Waals surface area contributed by atoms with Crippen LogP contribution in [0.4, 0.5) is 5.69 Å². The van der Waals surface area contributed by atoms with Gasteiger partial charge in [-0.2, -0.15) is 0 Å². The first-order valence-corrected chi connectivity index (χ1v) is 11.2. The van der Waals surface area contributed by atoms with Crippen molar-refractivity contribution in [3.05, 3.63) is 24.3 Å². The molecule has 1 N–H and O–H groups in total. The van der Waals surface area contributed by atoms with E-state index in [1.54, 1.807) is 24.3 Å². The van der Waals surface area contributed by atoms with E-state index in [1.807, 2.05) is 6.92 Å². The number of hydrogen-bond donors (Lipinski definition) is 1. The Kier molecular flexibility index (Phi) is 7.33. The van der Waals surface area contributed by atoms with Gasteiger partial charge in [-0.1, -0.05) is 0 Å². The molecule has 1 saturated heterocycles. The Morgan fingerprint density at radius 2 is 2.00 bits per heavy atom. The lowest BCUT2D eigenvalue weighted by molar-refractivity contribution is -0.150. The summed E-state index contributed by atoms with van der Waals surface area (Å²) in [6, 6.07) is 6.88. The maximum Gasteiger partial charge on any atom is 0.316 e. The standard InChI is InChI=1S/C17H23NO6S2/c1-3-23-14-6-4-13(5-7-14)18-17(20)12(2)24-16(19)10-25-15-8-9-26(21,22)11-15/h4-7,12,15H,3,8-11H2,1-2H3,(H,18,20)/t12-,15-/m0/s1. The molecule has 1 aromatic rings. The molecule has 144 valence electrons. The fraction of sp³-hybridized carbons (Fsp3) is 0.529. The van der Waals surface area contributed by atoms with Gasteiger partial charge in [0.2, 0.25) is 0 Å². The number of esters is 1. The molecule has 0 aromatic heterocycles. The molecule has 0 unspecified atom stereocenters. The Morgan fingerprint density at radius 3 is 2.58 bits per heavy atom. The first-order valence-electron chi connectivity index (χ1n) is 8.34. The molecule has 26 heavy (non-hydrogen) atoms. The largest absolute Gasteiger partial charge is 0.494 e. The monoisotopic (exact) mass is 401 g/mol. The summed E-state index contributed by atoms with van der Waals surface area (Å²) >= 11 is 1.26. The van der Waals surface area contributed by atoms with Crippen LogP contribution in [0.3, 0.4) is 0 Å². The number of benzene rings is 1. The average Bonchev–Trinajstić information content (AvgIpc) is 2.94. The molecule has 7 nitrogen and oxygen atoms in total. The number of carbonyl (C=O) groups excluding carboxylic acids is 2. The van der Waals surface area contributed by atoms with Gasteiger partial charge in [-0.25, -0.2) is 8.42 Å². The maximum atomic E-state index is 12.1. The van der Waals surface area contributed by atoms with Crippen molar-refractivity contribution in [3.8, 4) is 5.75 Å². The predicted molar refractivity (Wildman–Crippen MR) is 101 cm³/mol. The molecule has 0 saturated carbocycles. The third-order valence-corrected chi connectivity index (χ3v) is 6.99. The van der Waals surface area contributed by atoms with Crippen LogP contribution in [0.15, 0.2) is 24.3 Å². The van der Waals surface area contributed by atoms with Crippen molar-refractivity contribution < 1.29 is 27.5 Å². The van der Waals surface area contributed by atoms with Crippen molar-refractivity contribution in [2.75, 3.05) is 29.2 Å². The number of nitrogens with one attached hydrogen (secondary N) is 1. The minimum absolute atomic E-state index is 0.0286. The molecule has 1 amide bonds. The number of amides is 1. The molecule has 0 spiro atoms. The fourth-order valence-electron chi connectivity index (χ4n) is 2.41. The van der Waals surface area contributed by atoms with Gasteiger partial charge in [0.25, 0.3) is 5.91 Å². The molecule has 1 fully saturated rings. The van der Waals surface area contributed by atoms with Gasteiger partial charge in [-0.3, -0.25) is 9.59 Å². The molecule has 1 aliphatic rings. The number of thioether (sulfide) groups is 1. The molecule has 2 rings (SSSR count). The fourth-order valence-corrected chi connectivity index (χ4v) is 5.83. The number of rotatable bonds is 8. The molecular formula is C17H23NO6S2. The van der Waals surface area contributed by atoms with E-state index in [-0.39, 0.29) is 22.5 Å². The zero-order valence-electron chi connectivity index (χ0n) is 14.8. The van der Waals surface area contributed by atoms with Crippen molar-refractivity contribution in [2.24, 2.45) is 0 Å². The van der Waals surface area contributed by atoms with Gasteiger partial charge < -0.3 is 14.8 Å². The highest BCUT2D eigenvalue weighted by molar-refractivity contribution is 8.02. The zero-order chi connectivity index (χ0) is 19.2. The topological polar surface area (TPSA) is 98.8 Å². The number of sulfone groups is 1. The third-order valence-electron chi connectivity index (χ3n) is 3.74. The lowest BCUT2D eigenvalue weighted by Gasteiger charge is -2.14. The summed E-state index contributed by atoms with van der Waals surface area (Å²) in [4.78, 5) is 24.0. The Morgan fingerprint density at radius 1 is 1.31 bits per heavy atom. The van der Waals surface area contributed by atoms with Crippen LogP contribution >= 0.6 is 11.8 Å². The van der Waals surface area contributed by atoms with Gasteiger partial charge in [0.15, 0.2) is 15.9 Å². The highest BCUT2D eigenvalue weighted by atomic mass is 32.2. The highest BCUT2D eigenvalue weighted by Crippen LogP contribution is 2.24. The number of hydrogen-bond acceptors (Lipinski definition) is 7. The van der Waals surface area contributed by atoms with E-state index in [0.717, 1.165) is 0 Å². The Labute approximate surface area is 157 Å². The molecule has 0 radical (unpaired) electrons. The highest BCUT2D eigenvalue weighted by Gasteiger charge is 2.29. The molecular weight excluding hydrogens is 378 g/mol. The lowest BCUT2D eigenvalue weighted by atomic mass is 10.3. The van der Waals surface area contributed by atoms with Crippen LogP contribution in [-0.4, -0.2) is 55.5 Å². The maximum absolute atomic E-state index is 12.1. The summed E-state index contributed by atoms with van der Waals surface area (Å²) in [5.74, 6) is 0.0285. The summed E-state index contributed by atoms with van der Waals surface area (Å²) < 4.78 is 33.2. The molecule has 2 atom stereocenters. The van der Waals surface area contributed by atoms with Gasteiger partial charge >= 0.3 is 5.97 Å². The van der Waals surface area contributed by atoms with Gasteiger partial charge in [-0.15, -0.1) is 11.8 Å². The Balaban J connectivity index is 1.74. The summed E-state index contributed by atoms with van der Waals surface area (Å²) in [5, 5.41) is 2.58. The van der Waals surface area contributed by atoms with E-state index in [4.69, 9.17) is 9.47 Å². The van der Waals surface area contributed by atoms with Crippen LogP contribution in [0.1, 0.15) is 20.3 Å². The number of ether oxygens (including phenoxy) is 2. The summed E-state index contributed by atoms with van der Waals surface area (Å²) in [6.07, 6.45) is -0.393. The zero-order valence-corrected chi connectivity index (χ0v) is 16.4. The van der Waals surface area contributed by atoms with Crippen LogP contribution in [0, 0.1) is 0 Å². The second kappa shape index (κ2) is 9.27. The quantitative estimate of drug-likeness (QED) is 0.664. The van der Waals surface area contributed by atoms with Crippen molar-refractivity contribution in [1.82, 2.24) is 0 Å². The normalized spacial score (nSPS) is 19.5. The first-order chi connectivity index (χ1) is 12.3. The second-order valence-corrected chi connectivity index (χ2v) is 9.43. The van der Waals surface area contributed by atoms with E-state index in [0.29, 0.717) is 24.5 Å². The average molecular weight is 402 g/mol. The number of anilines is 1. The van der Waals surface area contributed by atoms with Crippen molar-refractivity contribution >= 4 is 39.2 Å². The minimum atomic E-state index is -2.97. The smallest absolute Gasteiger partial charge is 0.316 e. The Bertz CT molecular complexity index is 732. The predicted octanol–water partition coefficient (Wildman–Crippen LogP) is 1.88. The minimum Gasteiger partial charge on any atom is -0.494 e. The van der Waals surface area contributed by atoms with Gasteiger partial charge in [0.05, 0.1) is 23.9 Å². The van der Waals surface area contributed by atoms with Crippen molar-refractivity contribution in [1.29, 1.82) is 0 Å². The summed E-state index contributed by atoms with van der Waals surface area (Å²) in [5.41, 5.74) is 0.576. The van der Waals surface area contributed by atoms with E-state index in [1.165, 1.54) is 18.7 Å². The van der Waals surface area contributed by atoms with E-state index >= 15 is 0 Å². The molecule has 1 aliphatic heterocycles. The van der Waals surface area contributed by atoms with Gasteiger partial charge in [0.1, 0.15) is 5.75 Å². The molecule has 9 heteroatoms. The number of carbonyl (C=O) groups is 2. The van der Waals surface area contributed by atoms with Crippen LogP contribution in [0.2, 0.25) is 0 Å². The van der Waals surface area contributed by atoms with Crippen molar-refractivity contribution in [3.63, 3.8) is 0 Å².